The fourth-order valence-electron chi connectivity index (χ4n) is 3.84. The van der Waals surface area contributed by atoms with E-state index in [0.717, 1.165) is 50.7 Å². The number of anilines is 1. The van der Waals surface area contributed by atoms with Crippen LogP contribution in [0.5, 0.6) is 0 Å². The average Bonchev–Trinajstić information content (AvgIpc) is 3.10. The summed E-state index contributed by atoms with van der Waals surface area (Å²) in [6, 6.07) is 4.92. The maximum Gasteiger partial charge on any atom is 0.157 e. The van der Waals surface area contributed by atoms with E-state index < -0.39 is 0 Å². The number of aromatic nitrogens is 3. The highest BCUT2D eigenvalue weighted by Gasteiger charge is 2.27. The van der Waals surface area contributed by atoms with E-state index in [0.29, 0.717) is 12.0 Å². The number of hydrogen-bond donors (Lipinski definition) is 0. The number of morpholine rings is 1. The summed E-state index contributed by atoms with van der Waals surface area (Å²) in [5.41, 5.74) is 2.10. The fourth-order valence-corrected chi connectivity index (χ4v) is 3.84. The van der Waals surface area contributed by atoms with Crippen molar-refractivity contribution in [3.63, 3.8) is 0 Å². The molecule has 0 atom stereocenters. The monoisotopic (exact) mass is 329 g/mol. The minimum Gasteiger partial charge on any atom is -0.379 e. The number of fused-ring (bicyclic) bond motifs is 1. The first-order valence-electron chi connectivity index (χ1n) is 9.14. The number of ether oxygens (including phenoxy) is 1. The van der Waals surface area contributed by atoms with Gasteiger partial charge in [0.25, 0.3) is 0 Å². The van der Waals surface area contributed by atoms with E-state index in [9.17, 15) is 0 Å². The van der Waals surface area contributed by atoms with Crippen LogP contribution in [0.15, 0.2) is 18.3 Å². The van der Waals surface area contributed by atoms with Crippen molar-refractivity contribution in [3.8, 4) is 0 Å². The van der Waals surface area contributed by atoms with Crippen LogP contribution in [0.3, 0.4) is 0 Å². The van der Waals surface area contributed by atoms with Crippen molar-refractivity contribution in [2.75, 3.05) is 44.3 Å². The van der Waals surface area contributed by atoms with Gasteiger partial charge in [-0.2, -0.15) is 9.61 Å². The van der Waals surface area contributed by atoms with Gasteiger partial charge in [0, 0.05) is 50.0 Å². The smallest absolute Gasteiger partial charge is 0.157 e. The molecule has 2 aromatic rings. The van der Waals surface area contributed by atoms with Crippen molar-refractivity contribution in [2.45, 2.75) is 38.6 Å². The van der Waals surface area contributed by atoms with Crippen molar-refractivity contribution in [2.24, 2.45) is 0 Å². The van der Waals surface area contributed by atoms with Gasteiger partial charge in [-0.25, -0.2) is 4.98 Å². The van der Waals surface area contributed by atoms with Gasteiger partial charge in [0.1, 0.15) is 5.82 Å². The van der Waals surface area contributed by atoms with Crippen molar-refractivity contribution in [1.29, 1.82) is 0 Å². The lowest BCUT2D eigenvalue weighted by Gasteiger charge is -2.40. The molecule has 24 heavy (non-hydrogen) atoms. The molecule has 0 aliphatic carbocycles. The topological polar surface area (TPSA) is 45.9 Å². The summed E-state index contributed by atoms with van der Waals surface area (Å²) in [7, 11) is 0. The maximum atomic E-state index is 5.49. The summed E-state index contributed by atoms with van der Waals surface area (Å²) >= 11 is 0. The molecule has 0 spiro atoms. The Morgan fingerprint density at radius 1 is 1.12 bits per heavy atom. The molecular weight excluding hydrogens is 302 g/mol. The van der Waals surface area contributed by atoms with Crippen LogP contribution in [0.4, 0.5) is 5.82 Å². The van der Waals surface area contributed by atoms with Crippen LogP contribution in [0.25, 0.3) is 5.65 Å². The first-order valence-corrected chi connectivity index (χ1v) is 9.14. The molecular formula is C18H27N5O. The second kappa shape index (κ2) is 6.69. The maximum absolute atomic E-state index is 5.49. The zero-order valence-electron chi connectivity index (χ0n) is 14.7. The third kappa shape index (κ3) is 3.00. The summed E-state index contributed by atoms with van der Waals surface area (Å²) in [4.78, 5) is 9.81. The number of rotatable bonds is 3. The van der Waals surface area contributed by atoms with Gasteiger partial charge in [-0.1, -0.05) is 13.8 Å². The fraction of sp³-hybridized carbons (Fsp3) is 0.667. The molecule has 6 heteroatoms. The quantitative estimate of drug-likeness (QED) is 0.863. The zero-order chi connectivity index (χ0) is 16.5. The summed E-state index contributed by atoms with van der Waals surface area (Å²) in [5.74, 6) is 1.61. The van der Waals surface area contributed by atoms with Gasteiger partial charge < -0.3 is 9.64 Å². The Morgan fingerprint density at radius 2 is 1.88 bits per heavy atom. The van der Waals surface area contributed by atoms with Gasteiger partial charge in [0.15, 0.2) is 5.65 Å². The molecule has 2 aliphatic rings. The molecule has 2 aromatic heterocycles. The molecule has 6 nitrogen and oxygen atoms in total. The zero-order valence-corrected chi connectivity index (χ0v) is 14.7. The molecule has 0 unspecified atom stereocenters. The average molecular weight is 329 g/mol. The van der Waals surface area contributed by atoms with Gasteiger partial charge in [-0.3, -0.25) is 4.90 Å². The lowest BCUT2D eigenvalue weighted by atomic mass is 10.0. The van der Waals surface area contributed by atoms with Crippen molar-refractivity contribution < 1.29 is 4.74 Å². The van der Waals surface area contributed by atoms with Gasteiger partial charge in [0.05, 0.1) is 19.4 Å². The molecule has 0 N–H and O–H groups in total. The first-order chi connectivity index (χ1) is 11.7. The summed E-state index contributed by atoms with van der Waals surface area (Å²) in [6.45, 7) is 10.5. The van der Waals surface area contributed by atoms with E-state index in [2.05, 4.69) is 34.8 Å². The predicted octanol–water partition coefficient (Wildman–Crippen LogP) is 2.15. The molecule has 130 valence electrons. The highest BCUT2D eigenvalue weighted by Crippen LogP contribution is 2.26. The van der Waals surface area contributed by atoms with Crippen LogP contribution >= 0.6 is 0 Å². The lowest BCUT2D eigenvalue weighted by Crippen LogP contribution is -2.49. The predicted molar refractivity (Wildman–Crippen MR) is 94.7 cm³/mol. The van der Waals surface area contributed by atoms with Crippen LogP contribution < -0.4 is 4.90 Å². The molecule has 4 rings (SSSR count). The Morgan fingerprint density at radius 3 is 2.58 bits per heavy atom. The largest absolute Gasteiger partial charge is 0.379 e. The molecule has 0 saturated carbocycles. The van der Waals surface area contributed by atoms with Gasteiger partial charge in [-0.15, -0.1) is 0 Å². The minimum absolute atomic E-state index is 0.425. The molecule has 2 aliphatic heterocycles. The van der Waals surface area contributed by atoms with E-state index in [1.165, 1.54) is 18.7 Å². The van der Waals surface area contributed by atoms with E-state index in [4.69, 9.17) is 9.72 Å². The molecule has 2 fully saturated rings. The molecule has 0 radical (unpaired) electrons. The van der Waals surface area contributed by atoms with Crippen molar-refractivity contribution >= 4 is 11.5 Å². The van der Waals surface area contributed by atoms with E-state index in [1.807, 2.05) is 16.8 Å². The van der Waals surface area contributed by atoms with Crippen LogP contribution in [-0.4, -0.2) is 64.9 Å². The third-order valence-electron chi connectivity index (χ3n) is 5.30. The van der Waals surface area contributed by atoms with Crippen LogP contribution in [0.2, 0.25) is 0 Å². The van der Waals surface area contributed by atoms with E-state index in [1.54, 1.807) is 0 Å². The summed E-state index contributed by atoms with van der Waals surface area (Å²) in [6.07, 6.45) is 4.26. The summed E-state index contributed by atoms with van der Waals surface area (Å²) < 4.78 is 7.47. The number of hydrogen-bond acceptors (Lipinski definition) is 5. The number of piperidine rings is 1. The first kappa shape index (κ1) is 15.8. The Kier molecular flexibility index (Phi) is 4.41. The normalized spacial score (nSPS) is 21.0. The number of nitrogens with zero attached hydrogens (tertiary/aromatic N) is 5. The van der Waals surface area contributed by atoms with Crippen LogP contribution in [0, 0.1) is 0 Å². The lowest BCUT2D eigenvalue weighted by molar-refractivity contribution is 0.0114. The SMILES string of the molecule is CC(C)c1cc(N2CCC(N3CCOCC3)CC2)n2nccc2n1. The second-order valence-electron chi connectivity index (χ2n) is 7.16. The van der Waals surface area contributed by atoms with Crippen molar-refractivity contribution in [3.05, 3.63) is 24.0 Å². The second-order valence-corrected chi connectivity index (χ2v) is 7.16. The Balaban J connectivity index is 1.52. The van der Waals surface area contributed by atoms with Gasteiger partial charge in [-0.05, 0) is 18.8 Å². The van der Waals surface area contributed by atoms with Gasteiger partial charge >= 0.3 is 0 Å². The standard InChI is InChI=1S/C18H27N5O/c1-14(2)16-13-18(23-17(20-16)3-6-19-23)22-7-4-15(5-8-22)21-9-11-24-12-10-21/h3,6,13-15H,4-5,7-12H2,1-2H3. The highest BCUT2D eigenvalue weighted by atomic mass is 16.5. The summed E-state index contributed by atoms with van der Waals surface area (Å²) in [5, 5.41) is 4.49. The van der Waals surface area contributed by atoms with Gasteiger partial charge in [0.2, 0.25) is 0 Å². The van der Waals surface area contributed by atoms with Crippen molar-refractivity contribution in [1.82, 2.24) is 19.5 Å². The van der Waals surface area contributed by atoms with E-state index in [-0.39, 0.29) is 0 Å². The molecule has 2 saturated heterocycles. The third-order valence-corrected chi connectivity index (χ3v) is 5.30. The minimum atomic E-state index is 0.425. The Hall–Kier alpha value is -1.66. The van der Waals surface area contributed by atoms with Crippen LogP contribution in [-0.2, 0) is 4.74 Å². The molecule has 0 bridgehead atoms. The molecule has 0 aromatic carbocycles. The highest BCUT2D eigenvalue weighted by molar-refractivity contribution is 5.51. The Bertz CT molecular complexity index is 684. The van der Waals surface area contributed by atoms with Crippen LogP contribution in [0.1, 0.15) is 38.3 Å². The molecule has 0 amide bonds. The van der Waals surface area contributed by atoms with E-state index >= 15 is 0 Å². The Labute approximate surface area is 143 Å². The molecule has 4 heterocycles.